The molecule has 0 radical (unpaired) electrons. The summed E-state index contributed by atoms with van der Waals surface area (Å²) in [6.45, 7) is 2.89. The Bertz CT molecular complexity index is 978. The Morgan fingerprint density at radius 1 is 1.32 bits per heavy atom. The fourth-order valence-electron chi connectivity index (χ4n) is 3.44. The summed E-state index contributed by atoms with van der Waals surface area (Å²) in [7, 11) is 1.87. The fourth-order valence-corrected chi connectivity index (χ4v) is 4.20. The van der Waals surface area contributed by atoms with Crippen molar-refractivity contribution in [3.63, 3.8) is 0 Å². The number of nitrogens with zero attached hydrogens (tertiary/aromatic N) is 2. The van der Waals surface area contributed by atoms with Gasteiger partial charge in [-0.15, -0.1) is 8.78 Å². The smallest absolute Gasteiger partial charge is 0.420 e. The lowest BCUT2D eigenvalue weighted by atomic mass is 10.1. The number of halogens is 4. The minimum Gasteiger partial charge on any atom is -0.420 e. The van der Waals surface area contributed by atoms with E-state index in [4.69, 9.17) is 17.3 Å². The number of piperazine rings is 1. The molecule has 1 aliphatic rings. The van der Waals surface area contributed by atoms with Crippen LogP contribution < -0.4 is 20.7 Å². The number of likely N-dealkylation sites (N-methyl/N-ethyl adjacent to an activating group) is 1. The molecule has 11 heteroatoms. The summed E-state index contributed by atoms with van der Waals surface area (Å²) < 4.78 is 30.1. The van der Waals surface area contributed by atoms with Crippen LogP contribution in [0.5, 0.6) is 5.75 Å². The predicted molar refractivity (Wildman–Crippen MR) is 119 cm³/mol. The highest BCUT2D eigenvalue weighted by Crippen LogP contribution is 2.36. The first-order chi connectivity index (χ1) is 14.4. The van der Waals surface area contributed by atoms with E-state index in [1.165, 1.54) is 30.3 Å². The first-order valence-corrected chi connectivity index (χ1v) is 10.4. The number of amides is 2. The molecule has 2 amide bonds. The summed E-state index contributed by atoms with van der Waals surface area (Å²) in [5.41, 5.74) is 3.80. The highest BCUT2D eigenvalue weighted by Gasteiger charge is 2.32. The molecule has 0 aromatic heterocycles. The SMILES string of the molecule is C[C@@H]1CN(C)CC(=O)N1c1c(N)cc(C(=O)Nc2ccc(OC(F)(F)Cl)cc2)cc1Br. The summed E-state index contributed by atoms with van der Waals surface area (Å²) in [6, 6.07) is 8.26. The Labute approximate surface area is 191 Å². The number of hydrogen-bond donors (Lipinski definition) is 2. The van der Waals surface area contributed by atoms with E-state index in [9.17, 15) is 18.4 Å². The highest BCUT2D eigenvalue weighted by molar-refractivity contribution is 9.10. The number of anilines is 3. The fraction of sp³-hybridized carbons (Fsp3) is 0.300. The third-order valence-electron chi connectivity index (χ3n) is 4.63. The molecule has 1 fully saturated rings. The lowest BCUT2D eigenvalue weighted by Crippen LogP contribution is -2.54. The average Bonchev–Trinajstić information content (AvgIpc) is 2.63. The van der Waals surface area contributed by atoms with Crippen molar-refractivity contribution >= 4 is 56.4 Å². The van der Waals surface area contributed by atoms with Crippen LogP contribution in [0.25, 0.3) is 0 Å². The van der Waals surface area contributed by atoms with Crippen LogP contribution >= 0.6 is 27.5 Å². The summed E-state index contributed by atoms with van der Waals surface area (Å²) in [5, 5.41) is 2.65. The van der Waals surface area contributed by atoms with Crippen molar-refractivity contribution in [2.45, 2.75) is 18.5 Å². The predicted octanol–water partition coefficient (Wildman–Crippen LogP) is 4.12. The zero-order valence-corrected chi connectivity index (χ0v) is 19.0. The minimum atomic E-state index is -3.82. The van der Waals surface area contributed by atoms with Gasteiger partial charge in [0.05, 0.1) is 17.9 Å². The summed E-state index contributed by atoms with van der Waals surface area (Å²) in [4.78, 5) is 28.8. The highest BCUT2D eigenvalue weighted by atomic mass is 79.9. The number of hydrogen-bond acceptors (Lipinski definition) is 5. The molecule has 2 aromatic carbocycles. The van der Waals surface area contributed by atoms with Crippen molar-refractivity contribution < 1.29 is 23.1 Å². The van der Waals surface area contributed by atoms with E-state index in [1.54, 1.807) is 11.0 Å². The van der Waals surface area contributed by atoms with Crippen molar-refractivity contribution in [3.05, 3.63) is 46.4 Å². The van der Waals surface area contributed by atoms with Crippen molar-refractivity contribution in [1.29, 1.82) is 0 Å². The molecule has 0 aliphatic carbocycles. The van der Waals surface area contributed by atoms with Gasteiger partial charge in [0.2, 0.25) is 5.91 Å². The van der Waals surface area contributed by atoms with Crippen molar-refractivity contribution in [3.8, 4) is 5.75 Å². The maximum atomic E-state index is 12.7. The second-order valence-electron chi connectivity index (χ2n) is 7.23. The zero-order valence-electron chi connectivity index (χ0n) is 16.7. The molecule has 166 valence electrons. The molecule has 0 unspecified atom stereocenters. The normalized spacial score (nSPS) is 17.5. The first-order valence-electron chi connectivity index (χ1n) is 9.21. The molecular formula is C20H20BrClF2N4O3. The molecule has 1 saturated heterocycles. The van der Waals surface area contributed by atoms with Gasteiger partial charge < -0.3 is 20.7 Å². The van der Waals surface area contributed by atoms with Gasteiger partial charge in [-0.05, 0) is 66.3 Å². The Hall–Kier alpha value is -2.43. The topological polar surface area (TPSA) is 87.9 Å². The van der Waals surface area contributed by atoms with Gasteiger partial charge in [0, 0.05) is 39.9 Å². The van der Waals surface area contributed by atoms with E-state index >= 15 is 0 Å². The number of alkyl halides is 3. The van der Waals surface area contributed by atoms with Gasteiger partial charge in [0.15, 0.2) is 0 Å². The van der Waals surface area contributed by atoms with Gasteiger partial charge in [-0.3, -0.25) is 14.5 Å². The maximum absolute atomic E-state index is 12.7. The van der Waals surface area contributed by atoms with E-state index in [1.807, 2.05) is 18.9 Å². The van der Waals surface area contributed by atoms with Gasteiger partial charge >= 0.3 is 5.57 Å². The average molecular weight is 518 g/mol. The molecular weight excluding hydrogens is 498 g/mol. The number of rotatable bonds is 5. The number of nitrogens with two attached hydrogens (primary N) is 1. The molecule has 0 bridgehead atoms. The summed E-state index contributed by atoms with van der Waals surface area (Å²) >= 11 is 8.15. The molecule has 1 heterocycles. The number of nitrogen functional groups attached to an aromatic ring is 1. The summed E-state index contributed by atoms with van der Waals surface area (Å²) in [6.07, 6.45) is 0. The third-order valence-corrected chi connectivity index (χ3v) is 5.31. The molecule has 1 aliphatic heterocycles. The van der Waals surface area contributed by atoms with E-state index in [0.29, 0.717) is 22.4 Å². The van der Waals surface area contributed by atoms with Gasteiger partial charge in [0.25, 0.3) is 5.91 Å². The lowest BCUT2D eigenvalue weighted by molar-refractivity contribution is -0.121. The standard InChI is InChI=1S/C20H20BrClF2N4O3/c1-11-9-27(2)10-17(29)28(11)18-15(21)7-12(8-16(18)25)19(30)26-13-3-5-14(6-4-13)31-20(22,23)24/h3-8,11H,9-10,25H2,1-2H3,(H,26,30)/t11-/m1/s1. The van der Waals surface area contributed by atoms with E-state index in [-0.39, 0.29) is 35.5 Å². The zero-order chi connectivity index (χ0) is 22.9. The second-order valence-corrected chi connectivity index (χ2v) is 8.53. The molecule has 3 rings (SSSR count). The molecule has 1 atom stereocenters. The van der Waals surface area contributed by atoms with E-state index < -0.39 is 11.5 Å². The van der Waals surface area contributed by atoms with Crippen LogP contribution in [0, 0.1) is 0 Å². The number of nitrogens with one attached hydrogen (secondary N) is 1. The number of benzene rings is 2. The number of carbonyl (C=O) groups excluding carboxylic acids is 2. The van der Waals surface area contributed by atoms with Gasteiger partial charge in [-0.1, -0.05) is 0 Å². The molecule has 0 spiro atoms. The van der Waals surface area contributed by atoms with Gasteiger partial charge in [-0.25, -0.2) is 0 Å². The minimum absolute atomic E-state index is 0.0873. The van der Waals surface area contributed by atoms with Crippen LogP contribution in [0.4, 0.5) is 25.8 Å². The lowest BCUT2D eigenvalue weighted by Gasteiger charge is -2.38. The quantitative estimate of drug-likeness (QED) is 0.460. The molecule has 0 saturated carbocycles. The molecule has 7 nitrogen and oxygen atoms in total. The largest absolute Gasteiger partial charge is 0.487 e. The second kappa shape index (κ2) is 8.97. The monoisotopic (exact) mass is 516 g/mol. The van der Waals surface area contributed by atoms with Crippen LogP contribution in [0.15, 0.2) is 40.9 Å². The van der Waals surface area contributed by atoms with E-state index in [0.717, 1.165) is 0 Å². The Kier molecular flexibility index (Phi) is 6.73. The van der Waals surface area contributed by atoms with Crippen molar-refractivity contribution in [1.82, 2.24) is 4.90 Å². The van der Waals surface area contributed by atoms with Crippen LogP contribution in [0.1, 0.15) is 17.3 Å². The van der Waals surface area contributed by atoms with Crippen LogP contribution in [0.2, 0.25) is 0 Å². The Morgan fingerprint density at radius 3 is 2.52 bits per heavy atom. The maximum Gasteiger partial charge on any atom is 0.487 e. The Morgan fingerprint density at radius 2 is 1.97 bits per heavy atom. The van der Waals surface area contributed by atoms with Crippen LogP contribution in [0.3, 0.4) is 0 Å². The van der Waals surface area contributed by atoms with Crippen LogP contribution in [-0.2, 0) is 4.79 Å². The van der Waals surface area contributed by atoms with Gasteiger partial charge in [-0.2, -0.15) is 0 Å². The van der Waals surface area contributed by atoms with Gasteiger partial charge in [0.1, 0.15) is 5.75 Å². The van der Waals surface area contributed by atoms with Crippen molar-refractivity contribution in [2.75, 3.05) is 36.1 Å². The third kappa shape index (κ3) is 5.63. The molecule has 3 N–H and O–H groups in total. The number of carbonyl (C=O) groups is 2. The first kappa shape index (κ1) is 23.2. The summed E-state index contributed by atoms with van der Waals surface area (Å²) in [5.74, 6) is -0.705. The number of ether oxygens (including phenoxy) is 1. The van der Waals surface area contributed by atoms with Crippen LogP contribution in [-0.4, -0.2) is 48.5 Å². The van der Waals surface area contributed by atoms with E-state index in [2.05, 4.69) is 26.0 Å². The Balaban J connectivity index is 1.78. The molecule has 31 heavy (non-hydrogen) atoms. The van der Waals surface area contributed by atoms with Crippen molar-refractivity contribution in [2.24, 2.45) is 0 Å². The molecule has 2 aromatic rings.